The first-order valence-corrected chi connectivity index (χ1v) is 6.17. The van der Waals surface area contributed by atoms with Gasteiger partial charge in [0.25, 0.3) is 0 Å². The molecule has 0 unspecified atom stereocenters. The minimum absolute atomic E-state index is 0.347. The molecule has 0 aliphatic carbocycles. The fourth-order valence-electron chi connectivity index (χ4n) is 1.48. The van der Waals surface area contributed by atoms with Crippen LogP contribution in [0.3, 0.4) is 0 Å². The summed E-state index contributed by atoms with van der Waals surface area (Å²) in [4.78, 5) is 5.36. The van der Waals surface area contributed by atoms with Crippen LogP contribution in [0.2, 0.25) is 0 Å². The topological polar surface area (TPSA) is 30.7 Å². The summed E-state index contributed by atoms with van der Waals surface area (Å²) >= 11 is 7.44. The van der Waals surface area contributed by atoms with Gasteiger partial charge in [0, 0.05) is 12.2 Å². The number of hydrogen-bond acceptors (Lipinski definition) is 3. The van der Waals surface area contributed by atoms with Gasteiger partial charge in [0.05, 0.1) is 27.7 Å². The van der Waals surface area contributed by atoms with Crippen LogP contribution in [-0.2, 0) is 5.88 Å². The van der Waals surface area contributed by atoms with Crippen molar-refractivity contribution in [3.05, 3.63) is 23.5 Å². The summed E-state index contributed by atoms with van der Waals surface area (Å²) in [6.45, 7) is 4.22. The third-order valence-electron chi connectivity index (χ3n) is 2.16. The molecule has 0 aliphatic heterocycles. The predicted octanol–water partition coefficient (Wildman–Crippen LogP) is 3.33. The van der Waals surface area contributed by atoms with Gasteiger partial charge in [0.15, 0.2) is 0 Å². The maximum absolute atomic E-state index is 5.84. The number of thiazole rings is 1. The van der Waals surface area contributed by atoms with E-state index in [1.165, 1.54) is 0 Å². The smallest absolute Gasteiger partial charge is 0.0804 e. The Balaban J connectivity index is 2.49. The zero-order chi connectivity index (χ0) is 10.8. The normalized spacial score (nSPS) is 11.2. The van der Waals surface area contributed by atoms with Gasteiger partial charge in [0.2, 0.25) is 0 Å². The van der Waals surface area contributed by atoms with Crippen LogP contribution < -0.4 is 0 Å². The summed E-state index contributed by atoms with van der Waals surface area (Å²) in [5.41, 5.74) is 3.86. The molecule has 2 heterocycles. The van der Waals surface area contributed by atoms with E-state index in [1.807, 2.05) is 22.5 Å². The first-order valence-electron chi connectivity index (χ1n) is 4.76. The molecule has 0 amide bonds. The van der Waals surface area contributed by atoms with Crippen LogP contribution in [0.15, 0.2) is 17.8 Å². The van der Waals surface area contributed by atoms with E-state index in [4.69, 9.17) is 11.6 Å². The molecule has 3 nitrogen and oxygen atoms in total. The molecule has 0 N–H and O–H groups in total. The van der Waals surface area contributed by atoms with Gasteiger partial charge in [-0.05, 0) is 19.9 Å². The molecule has 0 radical (unpaired) electrons. The Bertz CT molecular complexity index is 447. The first kappa shape index (κ1) is 10.6. The van der Waals surface area contributed by atoms with Crippen LogP contribution in [0, 0.1) is 0 Å². The minimum Gasteiger partial charge on any atom is -0.261 e. The molecule has 15 heavy (non-hydrogen) atoms. The fraction of sp³-hybridized carbons (Fsp3) is 0.400. The Labute approximate surface area is 97.7 Å². The van der Waals surface area contributed by atoms with Crippen molar-refractivity contribution in [3.63, 3.8) is 0 Å². The summed E-state index contributed by atoms with van der Waals surface area (Å²) in [6.07, 6.45) is 1.81. The van der Waals surface area contributed by atoms with Gasteiger partial charge in [-0.3, -0.25) is 4.68 Å². The Morgan fingerprint density at radius 2 is 2.33 bits per heavy atom. The summed E-state index contributed by atoms with van der Waals surface area (Å²) < 4.78 is 1.99. The summed E-state index contributed by atoms with van der Waals surface area (Å²) in [5.74, 6) is 0.447. The zero-order valence-electron chi connectivity index (χ0n) is 8.64. The Kier molecular flexibility index (Phi) is 3.07. The summed E-state index contributed by atoms with van der Waals surface area (Å²) in [7, 11) is 0. The molecule has 80 valence electrons. The third kappa shape index (κ3) is 1.92. The lowest BCUT2D eigenvalue weighted by atomic mass is 10.3. The molecule has 0 fully saturated rings. The molecule has 2 rings (SSSR count). The highest BCUT2D eigenvalue weighted by atomic mass is 35.5. The van der Waals surface area contributed by atoms with Gasteiger partial charge in [-0.25, -0.2) is 4.98 Å². The van der Waals surface area contributed by atoms with Gasteiger partial charge in [-0.1, -0.05) is 0 Å². The second-order valence-corrected chi connectivity index (χ2v) is 4.64. The first-order chi connectivity index (χ1) is 7.24. The number of hydrogen-bond donors (Lipinski definition) is 0. The van der Waals surface area contributed by atoms with Gasteiger partial charge in [-0.2, -0.15) is 5.10 Å². The average Bonchev–Trinajstić information content (AvgIpc) is 2.85. The van der Waals surface area contributed by atoms with Crippen molar-refractivity contribution in [2.45, 2.75) is 25.8 Å². The second kappa shape index (κ2) is 4.33. The molecule has 0 bridgehead atoms. The van der Waals surface area contributed by atoms with E-state index >= 15 is 0 Å². The van der Waals surface area contributed by atoms with Gasteiger partial charge < -0.3 is 0 Å². The molecule has 0 saturated carbocycles. The van der Waals surface area contributed by atoms with Crippen LogP contribution in [0.1, 0.15) is 25.6 Å². The largest absolute Gasteiger partial charge is 0.261 e. The van der Waals surface area contributed by atoms with Crippen molar-refractivity contribution < 1.29 is 0 Å². The number of halogens is 1. The molecule has 0 atom stereocenters. The number of aromatic nitrogens is 3. The number of rotatable bonds is 3. The van der Waals surface area contributed by atoms with Crippen LogP contribution in [0.5, 0.6) is 0 Å². The van der Waals surface area contributed by atoms with Gasteiger partial charge >= 0.3 is 0 Å². The van der Waals surface area contributed by atoms with Crippen molar-refractivity contribution in [2.24, 2.45) is 0 Å². The summed E-state index contributed by atoms with van der Waals surface area (Å²) in [6, 6.07) is 2.35. The molecular formula is C10H12ClN3S. The van der Waals surface area contributed by atoms with E-state index in [2.05, 4.69) is 23.9 Å². The molecule has 2 aromatic heterocycles. The van der Waals surface area contributed by atoms with Crippen molar-refractivity contribution in [2.75, 3.05) is 0 Å². The standard InChI is InChI=1S/C10H12ClN3S/c1-7(2)14-9(3-4-13-14)10-8(5-11)12-6-15-10/h3-4,6-7H,5H2,1-2H3. The highest BCUT2D eigenvalue weighted by Crippen LogP contribution is 2.29. The Hall–Kier alpha value is -0.870. The van der Waals surface area contributed by atoms with E-state index in [0.29, 0.717) is 11.9 Å². The molecule has 0 aromatic carbocycles. The van der Waals surface area contributed by atoms with Crippen molar-refractivity contribution in [1.82, 2.24) is 14.8 Å². The maximum Gasteiger partial charge on any atom is 0.0804 e. The number of alkyl halides is 1. The van der Waals surface area contributed by atoms with Crippen LogP contribution in [0.4, 0.5) is 0 Å². The SMILES string of the molecule is CC(C)n1nccc1-c1scnc1CCl. The van der Waals surface area contributed by atoms with Crippen molar-refractivity contribution >= 4 is 22.9 Å². The highest BCUT2D eigenvalue weighted by Gasteiger charge is 2.13. The van der Waals surface area contributed by atoms with Crippen LogP contribution >= 0.6 is 22.9 Å². The van der Waals surface area contributed by atoms with Crippen molar-refractivity contribution in [1.29, 1.82) is 0 Å². The predicted molar refractivity (Wildman–Crippen MR) is 63.3 cm³/mol. The maximum atomic E-state index is 5.84. The average molecular weight is 242 g/mol. The number of nitrogens with zero attached hydrogens (tertiary/aromatic N) is 3. The lowest BCUT2D eigenvalue weighted by Gasteiger charge is -2.09. The van der Waals surface area contributed by atoms with E-state index in [9.17, 15) is 0 Å². The quantitative estimate of drug-likeness (QED) is 0.772. The van der Waals surface area contributed by atoms with Crippen LogP contribution in [-0.4, -0.2) is 14.8 Å². The Morgan fingerprint density at radius 1 is 1.53 bits per heavy atom. The summed E-state index contributed by atoms with van der Waals surface area (Å²) in [5, 5.41) is 4.30. The Morgan fingerprint density at radius 3 is 3.00 bits per heavy atom. The monoisotopic (exact) mass is 241 g/mol. The van der Waals surface area contributed by atoms with Gasteiger partial charge in [-0.15, -0.1) is 22.9 Å². The molecular weight excluding hydrogens is 230 g/mol. The minimum atomic E-state index is 0.347. The van der Waals surface area contributed by atoms with Crippen LogP contribution in [0.25, 0.3) is 10.6 Å². The highest BCUT2D eigenvalue weighted by molar-refractivity contribution is 7.13. The van der Waals surface area contributed by atoms with E-state index in [-0.39, 0.29) is 0 Å². The molecule has 5 heteroatoms. The van der Waals surface area contributed by atoms with Crippen molar-refractivity contribution in [3.8, 4) is 10.6 Å². The van der Waals surface area contributed by atoms with E-state index in [0.717, 1.165) is 16.3 Å². The second-order valence-electron chi connectivity index (χ2n) is 3.52. The zero-order valence-corrected chi connectivity index (χ0v) is 10.2. The van der Waals surface area contributed by atoms with E-state index in [1.54, 1.807) is 11.3 Å². The lowest BCUT2D eigenvalue weighted by Crippen LogP contribution is -2.04. The third-order valence-corrected chi connectivity index (χ3v) is 3.30. The fourth-order valence-corrected chi connectivity index (χ4v) is 2.59. The lowest BCUT2D eigenvalue weighted by molar-refractivity contribution is 0.539. The molecule has 0 aliphatic rings. The van der Waals surface area contributed by atoms with E-state index < -0.39 is 0 Å². The molecule has 0 saturated heterocycles. The molecule has 2 aromatic rings. The molecule has 0 spiro atoms. The van der Waals surface area contributed by atoms with Gasteiger partial charge in [0.1, 0.15) is 0 Å².